The van der Waals surface area contributed by atoms with E-state index in [0.29, 0.717) is 31.9 Å². The van der Waals surface area contributed by atoms with Crippen molar-refractivity contribution in [2.75, 3.05) is 13.2 Å². The van der Waals surface area contributed by atoms with E-state index in [9.17, 15) is 17.6 Å². The molecule has 0 spiro atoms. The zero-order valence-corrected chi connectivity index (χ0v) is 19.9. The molecule has 180 valence electrons. The predicted octanol–water partition coefficient (Wildman–Crippen LogP) is 3.71. The molecule has 2 fully saturated rings. The maximum absolute atomic E-state index is 14.2. The number of hydrogen-bond acceptors (Lipinski definition) is 5. The molecule has 1 unspecified atom stereocenters. The van der Waals surface area contributed by atoms with Crippen molar-refractivity contribution in [2.24, 2.45) is 5.92 Å². The molecule has 33 heavy (non-hydrogen) atoms. The van der Waals surface area contributed by atoms with E-state index in [1.807, 2.05) is 6.92 Å². The third kappa shape index (κ3) is 5.46. The summed E-state index contributed by atoms with van der Waals surface area (Å²) in [6, 6.07) is 5.87. The van der Waals surface area contributed by atoms with Gasteiger partial charge in [0.2, 0.25) is 20.9 Å². The molecule has 1 saturated carbocycles. The maximum atomic E-state index is 14.2. The first-order valence-electron chi connectivity index (χ1n) is 11.8. The Morgan fingerprint density at radius 1 is 1.21 bits per heavy atom. The molecule has 0 bridgehead atoms. The van der Waals surface area contributed by atoms with Crippen molar-refractivity contribution in [3.05, 3.63) is 47.5 Å². The van der Waals surface area contributed by atoms with E-state index in [4.69, 9.17) is 4.74 Å². The predicted molar refractivity (Wildman–Crippen MR) is 122 cm³/mol. The van der Waals surface area contributed by atoms with Crippen LogP contribution in [0.25, 0.3) is 0 Å². The second kappa shape index (κ2) is 10.3. The molecule has 0 radical (unpaired) electrons. The van der Waals surface area contributed by atoms with Gasteiger partial charge in [0.05, 0.1) is 36.8 Å². The zero-order valence-electron chi connectivity index (χ0n) is 19.1. The Bertz CT molecular complexity index is 1070. The summed E-state index contributed by atoms with van der Waals surface area (Å²) in [7, 11) is -3.91. The summed E-state index contributed by atoms with van der Waals surface area (Å²) in [6.07, 6.45) is 7.15. The Balaban J connectivity index is 1.63. The van der Waals surface area contributed by atoms with E-state index >= 15 is 0 Å². The van der Waals surface area contributed by atoms with Crippen LogP contribution >= 0.6 is 0 Å². The second-order valence-electron chi connectivity index (χ2n) is 8.96. The average Bonchev–Trinajstić information content (AvgIpc) is 3.56. The van der Waals surface area contributed by atoms with Gasteiger partial charge < -0.3 is 14.2 Å². The maximum Gasteiger partial charge on any atom is 0.228 e. The number of rotatable bonds is 9. The molecule has 1 aliphatic heterocycles. The quantitative estimate of drug-likeness (QED) is 0.550. The largest absolute Gasteiger partial charge is 0.376 e. The highest BCUT2D eigenvalue weighted by atomic mass is 32.2. The zero-order chi connectivity index (χ0) is 23.4. The molecule has 4 rings (SSSR count). The number of sulfone groups is 1. The highest BCUT2D eigenvalue weighted by molar-refractivity contribution is 7.90. The minimum Gasteiger partial charge on any atom is -0.376 e. The van der Waals surface area contributed by atoms with Crippen molar-refractivity contribution >= 4 is 15.7 Å². The molecule has 1 aromatic heterocycles. The normalized spacial score (nSPS) is 19.3. The Kier molecular flexibility index (Phi) is 7.48. The average molecular weight is 478 g/mol. The van der Waals surface area contributed by atoms with Crippen LogP contribution in [0.2, 0.25) is 0 Å². The molecule has 2 aliphatic rings. The lowest BCUT2D eigenvalue weighted by Crippen LogP contribution is -2.35. The number of benzene rings is 1. The van der Waals surface area contributed by atoms with Gasteiger partial charge in [-0.2, -0.15) is 0 Å². The van der Waals surface area contributed by atoms with Gasteiger partial charge in [-0.1, -0.05) is 31.0 Å². The Labute approximate surface area is 194 Å². The molecule has 1 amide bonds. The van der Waals surface area contributed by atoms with Gasteiger partial charge in [-0.3, -0.25) is 4.79 Å². The Morgan fingerprint density at radius 2 is 1.97 bits per heavy atom. The number of aromatic nitrogens is 2. The van der Waals surface area contributed by atoms with Crippen molar-refractivity contribution in [1.29, 1.82) is 0 Å². The van der Waals surface area contributed by atoms with Gasteiger partial charge in [0.25, 0.3) is 0 Å². The van der Waals surface area contributed by atoms with Crippen LogP contribution < -0.4 is 0 Å². The minimum atomic E-state index is -3.91. The standard InChI is InChI=1S/C24H32FN3O4S/c1-2-27(23(29)18-8-3-4-9-18)15-20-14-26-24(28(20)16-21-11-7-13-32-21)33(30,31)17-19-10-5-6-12-22(19)25/h5-6,10,12,14,18,21H,2-4,7-9,11,13,15-17H2,1H3. The summed E-state index contributed by atoms with van der Waals surface area (Å²) in [5, 5.41) is -0.0966. The van der Waals surface area contributed by atoms with Crippen molar-refractivity contribution in [3.63, 3.8) is 0 Å². The smallest absolute Gasteiger partial charge is 0.228 e. The monoisotopic (exact) mass is 477 g/mol. The number of carbonyl (C=O) groups excluding carboxylic acids is 1. The van der Waals surface area contributed by atoms with Crippen LogP contribution in [0.5, 0.6) is 0 Å². The number of nitrogens with zero attached hydrogens (tertiary/aromatic N) is 3. The highest BCUT2D eigenvalue weighted by Crippen LogP contribution is 2.28. The fourth-order valence-corrected chi connectivity index (χ4v) is 6.32. The topological polar surface area (TPSA) is 81.5 Å². The first-order valence-corrected chi connectivity index (χ1v) is 13.4. The van der Waals surface area contributed by atoms with Crippen LogP contribution in [0.15, 0.2) is 35.6 Å². The molecule has 1 aliphatic carbocycles. The number of halogens is 1. The molecule has 1 saturated heterocycles. The van der Waals surface area contributed by atoms with Gasteiger partial charge in [-0.15, -0.1) is 0 Å². The van der Waals surface area contributed by atoms with Crippen LogP contribution in [0, 0.1) is 11.7 Å². The summed E-state index contributed by atoms with van der Waals surface area (Å²) in [5.41, 5.74) is 0.767. The molecular weight excluding hydrogens is 445 g/mol. The van der Waals surface area contributed by atoms with Crippen molar-refractivity contribution in [3.8, 4) is 0 Å². The summed E-state index contributed by atoms with van der Waals surface area (Å²) >= 11 is 0. The van der Waals surface area contributed by atoms with Gasteiger partial charge in [0, 0.05) is 24.6 Å². The van der Waals surface area contributed by atoms with Crippen molar-refractivity contribution < 1.29 is 22.3 Å². The lowest BCUT2D eigenvalue weighted by atomic mass is 10.1. The van der Waals surface area contributed by atoms with Crippen LogP contribution in [0.3, 0.4) is 0 Å². The minimum absolute atomic E-state index is 0.0451. The molecule has 2 heterocycles. The van der Waals surface area contributed by atoms with Crippen LogP contribution in [0.4, 0.5) is 4.39 Å². The number of carbonyl (C=O) groups is 1. The first-order chi connectivity index (χ1) is 15.9. The first kappa shape index (κ1) is 23.9. The third-order valence-corrected chi connectivity index (χ3v) is 8.22. The molecule has 1 aromatic carbocycles. The van der Waals surface area contributed by atoms with Crippen LogP contribution in [-0.4, -0.2) is 48.0 Å². The number of imidazole rings is 1. The van der Waals surface area contributed by atoms with Gasteiger partial charge in [0.1, 0.15) is 5.82 Å². The van der Waals surface area contributed by atoms with Crippen LogP contribution in [0.1, 0.15) is 56.7 Å². The second-order valence-corrected chi connectivity index (χ2v) is 10.8. The van der Waals surface area contributed by atoms with Gasteiger partial charge in [-0.25, -0.2) is 17.8 Å². The van der Waals surface area contributed by atoms with E-state index in [0.717, 1.165) is 38.5 Å². The third-order valence-electron chi connectivity index (χ3n) is 6.64. The summed E-state index contributed by atoms with van der Waals surface area (Å²) in [5.74, 6) is -0.864. The molecule has 7 nitrogen and oxygen atoms in total. The van der Waals surface area contributed by atoms with E-state index < -0.39 is 21.4 Å². The SMILES string of the molecule is CCN(Cc1cnc(S(=O)(=O)Cc2ccccc2F)n1CC1CCCO1)C(=O)C1CCCC1. The summed E-state index contributed by atoms with van der Waals surface area (Å²) in [4.78, 5) is 19.1. The summed E-state index contributed by atoms with van der Waals surface area (Å²) in [6.45, 7) is 3.76. The van der Waals surface area contributed by atoms with E-state index in [-0.39, 0.29) is 28.6 Å². The number of ether oxygens (including phenoxy) is 1. The van der Waals surface area contributed by atoms with Crippen molar-refractivity contribution in [2.45, 2.75) is 75.6 Å². The molecule has 2 aromatic rings. The summed E-state index contributed by atoms with van der Waals surface area (Å²) < 4.78 is 48.2. The van der Waals surface area contributed by atoms with Gasteiger partial charge in [0.15, 0.2) is 0 Å². The fourth-order valence-electron chi connectivity index (χ4n) is 4.81. The van der Waals surface area contributed by atoms with Gasteiger partial charge >= 0.3 is 0 Å². The van der Waals surface area contributed by atoms with Crippen molar-refractivity contribution in [1.82, 2.24) is 14.5 Å². The van der Waals surface area contributed by atoms with Gasteiger partial charge in [-0.05, 0) is 38.7 Å². The van der Waals surface area contributed by atoms with E-state index in [1.54, 1.807) is 15.5 Å². The van der Waals surface area contributed by atoms with E-state index in [1.165, 1.54) is 24.4 Å². The molecule has 0 N–H and O–H groups in total. The van der Waals surface area contributed by atoms with Crippen LogP contribution in [-0.2, 0) is 38.2 Å². The molecule has 1 atom stereocenters. The lowest BCUT2D eigenvalue weighted by Gasteiger charge is -2.25. The Morgan fingerprint density at radius 3 is 2.64 bits per heavy atom. The number of hydrogen-bond donors (Lipinski definition) is 0. The highest BCUT2D eigenvalue weighted by Gasteiger charge is 2.31. The molecular formula is C24H32FN3O4S. The molecule has 9 heteroatoms. The Hall–Kier alpha value is -2.26. The number of amides is 1. The van der Waals surface area contributed by atoms with E-state index in [2.05, 4.69) is 4.98 Å². The lowest BCUT2D eigenvalue weighted by molar-refractivity contribution is -0.135. The fraction of sp³-hybridized carbons (Fsp3) is 0.583.